The van der Waals surface area contributed by atoms with Crippen molar-refractivity contribution in [1.82, 2.24) is 30.0 Å². The Morgan fingerprint density at radius 2 is 2.13 bits per heavy atom. The van der Waals surface area contributed by atoms with Gasteiger partial charge in [0, 0.05) is 29.6 Å². The second-order valence-electron chi connectivity index (χ2n) is 6.11. The second kappa shape index (κ2) is 5.58. The van der Waals surface area contributed by atoms with E-state index < -0.39 is 0 Å². The largest absolute Gasteiger partial charge is 0.334 e. The van der Waals surface area contributed by atoms with Crippen molar-refractivity contribution in [3.63, 3.8) is 0 Å². The van der Waals surface area contributed by atoms with Gasteiger partial charge in [-0.1, -0.05) is 12.1 Å². The molecule has 0 saturated carbocycles. The van der Waals surface area contributed by atoms with Crippen LogP contribution in [0.25, 0.3) is 17.3 Å². The first-order valence-electron chi connectivity index (χ1n) is 7.74. The number of nitrogens with zero attached hydrogens (tertiary/aromatic N) is 5. The Bertz CT molecular complexity index is 789. The number of aromatic nitrogens is 5. The highest BCUT2D eigenvalue weighted by Crippen LogP contribution is 2.32. The highest BCUT2D eigenvalue weighted by atomic mass is 16.5. The van der Waals surface area contributed by atoms with E-state index in [4.69, 9.17) is 4.52 Å². The molecule has 7 nitrogen and oxygen atoms in total. The second-order valence-corrected chi connectivity index (χ2v) is 6.11. The van der Waals surface area contributed by atoms with Gasteiger partial charge in [-0.25, -0.2) is 9.97 Å². The van der Waals surface area contributed by atoms with Crippen LogP contribution in [0.4, 0.5) is 0 Å². The fourth-order valence-electron chi connectivity index (χ4n) is 2.88. The van der Waals surface area contributed by atoms with Gasteiger partial charge in [0.25, 0.3) is 5.89 Å². The van der Waals surface area contributed by atoms with Crippen molar-refractivity contribution in [1.29, 1.82) is 0 Å². The molecule has 0 radical (unpaired) electrons. The summed E-state index contributed by atoms with van der Waals surface area (Å²) in [4.78, 5) is 13.0. The van der Waals surface area contributed by atoms with Gasteiger partial charge in [0.1, 0.15) is 12.1 Å². The average molecular weight is 310 g/mol. The Morgan fingerprint density at radius 1 is 1.26 bits per heavy atom. The zero-order valence-electron chi connectivity index (χ0n) is 12.9. The topological polar surface area (TPSA) is 81.7 Å². The maximum absolute atomic E-state index is 5.51. The van der Waals surface area contributed by atoms with Gasteiger partial charge in [0.2, 0.25) is 0 Å². The van der Waals surface area contributed by atoms with Gasteiger partial charge in [-0.2, -0.15) is 4.98 Å². The van der Waals surface area contributed by atoms with Crippen LogP contribution in [0.1, 0.15) is 25.6 Å². The molecule has 118 valence electrons. The smallest absolute Gasteiger partial charge is 0.258 e. The molecule has 3 aromatic heterocycles. The van der Waals surface area contributed by atoms with Crippen LogP contribution in [0.2, 0.25) is 0 Å². The van der Waals surface area contributed by atoms with Crippen LogP contribution in [-0.2, 0) is 5.41 Å². The van der Waals surface area contributed by atoms with Crippen LogP contribution >= 0.6 is 0 Å². The molecular formula is C16H18N6O. The standard InChI is InChI=1S/C16H18N6O/c1-16(3-6-17-7-4-16)15-20-14(23-21-15)12-2-5-19-13(10-12)22-9-8-18-11-22/h2,5,8-11,17H,3-4,6-7H2,1H3. The highest BCUT2D eigenvalue weighted by Gasteiger charge is 2.33. The number of hydrogen-bond donors (Lipinski definition) is 1. The van der Waals surface area contributed by atoms with Gasteiger partial charge in [0.05, 0.1) is 0 Å². The molecule has 4 rings (SSSR count). The molecule has 1 aliphatic rings. The Morgan fingerprint density at radius 3 is 2.91 bits per heavy atom. The van der Waals surface area contributed by atoms with Crippen molar-refractivity contribution < 1.29 is 4.52 Å². The zero-order valence-corrected chi connectivity index (χ0v) is 12.9. The van der Waals surface area contributed by atoms with E-state index in [1.807, 2.05) is 22.9 Å². The molecular weight excluding hydrogens is 292 g/mol. The molecule has 0 spiro atoms. The zero-order chi connectivity index (χ0) is 15.7. The average Bonchev–Trinajstić information content (AvgIpc) is 3.28. The molecule has 1 fully saturated rings. The maximum Gasteiger partial charge on any atom is 0.258 e. The minimum absolute atomic E-state index is 0.0206. The molecule has 0 bridgehead atoms. The third kappa shape index (κ3) is 2.63. The van der Waals surface area contributed by atoms with E-state index in [1.54, 1.807) is 18.7 Å². The summed E-state index contributed by atoms with van der Waals surface area (Å²) in [6, 6.07) is 3.80. The van der Waals surface area contributed by atoms with Gasteiger partial charge in [-0.15, -0.1) is 0 Å². The van der Waals surface area contributed by atoms with Crippen LogP contribution < -0.4 is 5.32 Å². The number of pyridine rings is 1. The molecule has 0 atom stereocenters. The summed E-state index contributed by atoms with van der Waals surface area (Å²) in [5.41, 5.74) is 0.840. The molecule has 0 aliphatic carbocycles. The molecule has 1 aliphatic heterocycles. The van der Waals surface area contributed by atoms with E-state index >= 15 is 0 Å². The molecule has 1 N–H and O–H groups in total. The number of nitrogens with one attached hydrogen (secondary N) is 1. The molecule has 0 amide bonds. The summed E-state index contributed by atoms with van der Waals surface area (Å²) in [6.45, 7) is 4.17. The van der Waals surface area contributed by atoms with Crippen LogP contribution in [0.15, 0.2) is 41.6 Å². The number of hydrogen-bond acceptors (Lipinski definition) is 6. The van der Waals surface area contributed by atoms with E-state index in [0.717, 1.165) is 43.1 Å². The first-order valence-corrected chi connectivity index (χ1v) is 7.74. The van der Waals surface area contributed by atoms with Crippen molar-refractivity contribution in [3.05, 3.63) is 42.9 Å². The van der Waals surface area contributed by atoms with Crippen LogP contribution in [-0.4, -0.2) is 37.8 Å². The summed E-state index contributed by atoms with van der Waals surface area (Å²) in [7, 11) is 0. The maximum atomic E-state index is 5.51. The number of piperidine rings is 1. The Hall–Kier alpha value is -2.54. The minimum atomic E-state index is -0.0206. The summed E-state index contributed by atoms with van der Waals surface area (Å²) in [5, 5.41) is 7.60. The summed E-state index contributed by atoms with van der Waals surface area (Å²) >= 11 is 0. The van der Waals surface area contributed by atoms with Crippen LogP contribution in [0, 0.1) is 0 Å². The molecule has 0 aromatic carbocycles. The van der Waals surface area contributed by atoms with E-state index in [-0.39, 0.29) is 5.41 Å². The third-order valence-electron chi connectivity index (χ3n) is 4.43. The lowest BCUT2D eigenvalue weighted by atomic mass is 9.80. The number of rotatable bonds is 3. The van der Waals surface area contributed by atoms with Crippen LogP contribution in [0.3, 0.4) is 0 Å². The van der Waals surface area contributed by atoms with Gasteiger partial charge < -0.3 is 9.84 Å². The minimum Gasteiger partial charge on any atom is -0.334 e. The predicted molar refractivity (Wildman–Crippen MR) is 84.1 cm³/mol. The summed E-state index contributed by atoms with van der Waals surface area (Å²) in [6.07, 6.45) is 9.05. The van der Waals surface area contributed by atoms with Crippen LogP contribution in [0.5, 0.6) is 0 Å². The van der Waals surface area contributed by atoms with Gasteiger partial charge >= 0.3 is 0 Å². The highest BCUT2D eigenvalue weighted by molar-refractivity contribution is 5.55. The normalized spacial score (nSPS) is 17.3. The fourth-order valence-corrected chi connectivity index (χ4v) is 2.88. The molecule has 0 unspecified atom stereocenters. The summed E-state index contributed by atoms with van der Waals surface area (Å²) in [5.74, 6) is 2.09. The Labute approximate surface area is 133 Å². The van der Waals surface area contributed by atoms with E-state index in [0.29, 0.717) is 5.89 Å². The summed E-state index contributed by atoms with van der Waals surface area (Å²) < 4.78 is 7.35. The van der Waals surface area contributed by atoms with Gasteiger partial charge in [0.15, 0.2) is 5.82 Å². The molecule has 7 heteroatoms. The first kappa shape index (κ1) is 14.1. The van der Waals surface area contributed by atoms with E-state index in [2.05, 4.69) is 32.3 Å². The quantitative estimate of drug-likeness (QED) is 0.796. The van der Waals surface area contributed by atoms with Crippen molar-refractivity contribution in [2.24, 2.45) is 0 Å². The third-order valence-corrected chi connectivity index (χ3v) is 4.43. The first-order chi connectivity index (χ1) is 11.2. The monoisotopic (exact) mass is 310 g/mol. The van der Waals surface area contributed by atoms with Gasteiger partial charge in [-0.3, -0.25) is 4.57 Å². The predicted octanol–water partition coefficient (Wildman–Crippen LogP) is 1.96. The van der Waals surface area contributed by atoms with Crippen molar-refractivity contribution in [2.75, 3.05) is 13.1 Å². The Kier molecular flexibility index (Phi) is 3.42. The SMILES string of the molecule is CC1(c2noc(-c3ccnc(-n4ccnc4)c3)n2)CCNCC1. The molecule has 23 heavy (non-hydrogen) atoms. The Balaban J connectivity index is 1.65. The lowest BCUT2D eigenvalue weighted by molar-refractivity contribution is 0.303. The molecule has 4 heterocycles. The van der Waals surface area contributed by atoms with E-state index in [1.165, 1.54) is 0 Å². The lowest BCUT2D eigenvalue weighted by Gasteiger charge is -2.30. The van der Waals surface area contributed by atoms with E-state index in [9.17, 15) is 0 Å². The van der Waals surface area contributed by atoms with Crippen molar-refractivity contribution in [2.45, 2.75) is 25.2 Å². The fraction of sp³-hybridized carbons (Fsp3) is 0.375. The van der Waals surface area contributed by atoms with Gasteiger partial charge in [-0.05, 0) is 38.1 Å². The molecule has 1 saturated heterocycles. The lowest BCUT2D eigenvalue weighted by Crippen LogP contribution is -2.38. The number of imidazole rings is 1. The van der Waals surface area contributed by atoms with Crippen molar-refractivity contribution >= 4 is 0 Å². The molecule has 3 aromatic rings. The van der Waals surface area contributed by atoms with Crippen molar-refractivity contribution in [3.8, 4) is 17.3 Å².